The lowest BCUT2D eigenvalue weighted by Gasteiger charge is -2.16. The summed E-state index contributed by atoms with van der Waals surface area (Å²) in [5, 5.41) is 12.2. The maximum Gasteiger partial charge on any atom is 0.246 e. The number of carbonyl (C=O) groups is 1. The van der Waals surface area contributed by atoms with Gasteiger partial charge < -0.3 is 4.90 Å². The van der Waals surface area contributed by atoms with Crippen LogP contribution in [0.4, 0.5) is 4.39 Å². The predicted octanol–water partition coefficient (Wildman–Crippen LogP) is 2.70. The number of aromatic nitrogens is 4. The van der Waals surface area contributed by atoms with E-state index in [2.05, 4.69) is 22.3 Å². The molecule has 134 valence electrons. The highest BCUT2D eigenvalue weighted by Gasteiger charge is 2.13. The van der Waals surface area contributed by atoms with E-state index in [4.69, 9.17) is 0 Å². The minimum Gasteiger partial charge on any atom is -0.340 e. The number of hydrogen-bond acceptors (Lipinski definition) is 4. The Morgan fingerprint density at radius 2 is 1.92 bits per heavy atom. The Morgan fingerprint density at radius 3 is 2.62 bits per heavy atom. The van der Waals surface area contributed by atoms with Crippen molar-refractivity contribution in [3.63, 3.8) is 0 Å². The van der Waals surface area contributed by atoms with Gasteiger partial charge in [-0.3, -0.25) is 4.79 Å². The van der Waals surface area contributed by atoms with E-state index >= 15 is 0 Å². The molecule has 0 aliphatic carbocycles. The maximum atomic E-state index is 13.2. The lowest BCUT2D eigenvalue weighted by atomic mass is 10.1. The molecule has 2 aromatic carbocycles. The molecule has 1 aromatic heterocycles. The first-order chi connectivity index (χ1) is 12.5. The molecule has 0 unspecified atom stereocenters. The Hall–Kier alpha value is -3.09. The Morgan fingerprint density at radius 1 is 1.15 bits per heavy atom. The van der Waals surface area contributed by atoms with Gasteiger partial charge in [0.25, 0.3) is 0 Å². The van der Waals surface area contributed by atoms with Crippen LogP contribution >= 0.6 is 0 Å². The fourth-order valence-electron chi connectivity index (χ4n) is 2.55. The molecule has 0 radical (unpaired) electrons. The summed E-state index contributed by atoms with van der Waals surface area (Å²) in [6, 6.07) is 14.1. The normalized spacial score (nSPS) is 10.7. The summed E-state index contributed by atoms with van der Waals surface area (Å²) >= 11 is 0. The number of rotatable bonds is 6. The van der Waals surface area contributed by atoms with Crippen LogP contribution in [0.1, 0.15) is 18.1 Å². The van der Waals surface area contributed by atoms with E-state index in [1.54, 1.807) is 19.2 Å². The van der Waals surface area contributed by atoms with Crippen molar-refractivity contribution >= 4 is 5.91 Å². The molecule has 1 amide bonds. The quantitative estimate of drug-likeness (QED) is 0.683. The van der Waals surface area contributed by atoms with Gasteiger partial charge in [0.1, 0.15) is 12.4 Å². The van der Waals surface area contributed by atoms with Crippen LogP contribution in [0.3, 0.4) is 0 Å². The van der Waals surface area contributed by atoms with E-state index in [0.29, 0.717) is 12.4 Å². The van der Waals surface area contributed by atoms with Gasteiger partial charge in [0, 0.05) is 19.2 Å². The zero-order valence-corrected chi connectivity index (χ0v) is 14.8. The van der Waals surface area contributed by atoms with Gasteiger partial charge in [0.05, 0.1) is 0 Å². The third-order valence-corrected chi connectivity index (χ3v) is 4.08. The first kappa shape index (κ1) is 17.7. The molecule has 0 saturated carbocycles. The number of nitrogens with zero attached hydrogens (tertiary/aromatic N) is 5. The Labute approximate surface area is 151 Å². The lowest BCUT2D eigenvalue weighted by Crippen LogP contribution is -2.30. The summed E-state index contributed by atoms with van der Waals surface area (Å²) in [6.07, 6.45) is 0.965. The molecular weight excluding hydrogens is 333 g/mol. The average Bonchev–Trinajstić information content (AvgIpc) is 3.10. The molecule has 7 heteroatoms. The largest absolute Gasteiger partial charge is 0.340 e. The molecule has 26 heavy (non-hydrogen) atoms. The molecule has 1 heterocycles. The topological polar surface area (TPSA) is 63.9 Å². The lowest BCUT2D eigenvalue weighted by molar-refractivity contribution is -0.131. The smallest absolute Gasteiger partial charge is 0.246 e. The van der Waals surface area contributed by atoms with E-state index in [1.165, 1.54) is 27.4 Å². The second-order valence-corrected chi connectivity index (χ2v) is 6.07. The van der Waals surface area contributed by atoms with Crippen molar-refractivity contribution in [2.24, 2.45) is 0 Å². The summed E-state index contributed by atoms with van der Waals surface area (Å²) in [4.78, 5) is 15.1. The number of amides is 1. The summed E-state index contributed by atoms with van der Waals surface area (Å²) in [5.41, 5.74) is 2.81. The summed E-state index contributed by atoms with van der Waals surface area (Å²) < 4.78 is 13.2. The van der Waals surface area contributed by atoms with Gasteiger partial charge in [-0.25, -0.2) is 4.39 Å². The minimum atomic E-state index is -0.319. The highest BCUT2D eigenvalue weighted by molar-refractivity contribution is 5.75. The SMILES string of the molecule is CCc1ccc(-c2nnn(CC(=O)N(C)Cc3cccc(F)c3)n2)cc1. The van der Waals surface area contributed by atoms with Crippen LogP contribution in [0.5, 0.6) is 0 Å². The molecule has 0 aliphatic rings. The van der Waals surface area contributed by atoms with E-state index in [-0.39, 0.29) is 18.3 Å². The number of carbonyl (C=O) groups excluding carboxylic acids is 1. The number of likely N-dealkylation sites (N-methyl/N-ethyl adjacent to an activating group) is 1. The van der Waals surface area contributed by atoms with Crippen molar-refractivity contribution in [2.75, 3.05) is 7.05 Å². The van der Waals surface area contributed by atoms with Gasteiger partial charge in [-0.05, 0) is 34.9 Å². The monoisotopic (exact) mass is 353 g/mol. The summed E-state index contributed by atoms with van der Waals surface area (Å²) in [6.45, 7) is 2.39. The molecule has 3 rings (SSSR count). The van der Waals surface area contributed by atoms with Gasteiger partial charge in [-0.2, -0.15) is 4.80 Å². The van der Waals surface area contributed by atoms with Gasteiger partial charge in [-0.1, -0.05) is 43.3 Å². The molecule has 0 saturated heterocycles. The molecular formula is C19H20FN5O. The number of aryl methyl sites for hydroxylation is 1. The van der Waals surface area contributed by atoms with Crippen LogP contribution in [0.15, 0.2) is 48.5 Å². The van der Waals surface area contributed by atoms with Crippen molar-refractivity contribution in [3.8, 4) is 11.4 Å². The Bertz CT molecular complexity index is 891. The van der Waals surface area contributed by atoms with Gasteiger partial charge in [0.15, 0.2) is 0 Å². The van der Waals surface area contributed by atoms with Crippen LogP contribution < -0.4 is 0 Å². The molecule has 0 aliphatic heterocycles. The van der Waals surface area contributed by atoms with Crippen molar-refractivity contribution in [2.45, 2.75) is 26.4 Å². The van der Waals surface area contributed by atoms with E-state index in [1.807, 2.05) is 24.3 Å². The Balaban J connectivity index is 1.63. The molecule has 6 nitrogen and oxygen atoms in total. The molecule has 3 aromatic rings. The zero-order chi connectivity index (χ0) is 18.5. The van der Waals surface area contributed by atoms with Gasteiger partial charge >= 0.3 is 0 Å². The standard InChI is InChI=1S/C19H20FN5O/c1-3-14-7-9-16(10-8-14)19-21-23-25(22-19)13-18(26)24(2)12-15-5-4-6-17(20)11-15/h4-11H,3,12-13H2,1-2H3. The third-order valence-electron chi connectivity index (χ3n) is 4.08. The molecule has 0 fully saturated rings. The van der Waals surface area contributed by atoms with Crippen LogP contribution in [0.2, 0.25) is 0 Å². The second kappa shape index (κ2) is 7.86. The fourth-order valence-corrected chi connectivity index (χ4v) is 2.55. The molecule has 0 bridgehead atoms. The summed E-state index contributed by atoms with van der Waals surface area (Å²) in [7, 11) is 1.66. The van der Waals surface area contributed by atoms with Gasteiger partial charge in [-0.15, -0.1) is 10.2 Å². The molecule has 0 N–H and O–H groups in total. The highest BCUT2D eigenvalue weighted by Crippen LogP contribution is 2.15. The Kier molecular flexibility index (Phi) is 5.36. The molecule has 0 spiro atoms. The van der Waals surface area contributed by atoms with Crippen molar-refractivity contribution in [1.82, 2.24) is 25.1 Å². The predicted molar refractivity (Wildman–Crippen MR) is 95.5 cm³/mol. The van der Waals surface area contributed by atoms with Crippen LogP contribution in [-0.4, -0.2) is 38.1 Å². The van der Waals surface area contributed by atoms with Crippen molar-refractivity contribution < 1.29 is 9.18 Å². The van der Waals surface area contributed by atoms with Crippen molar-refractivity contribution in [3.05, 3.63) is 65.5 Å². The van der Waals surface area contributed by atoms with E-state index in [9.17, 15) is 9.18 Å². The van der Waals surface area contributed by atoms with E-state index in [0.717, 1.165) is 17.5 Å². The van der Waals surface area contributed by atoms with Crippen LogP contribution in [0, 0.1) is 5.82 Å². The highest BCUT2D eigenvalue weighted by atomic mass is 19.1. The van der Waals surface area contributed by atoms with E-state index < -0.39 is 0 Å². The maximum absolute atomic E-state index is 13.2. The van der Waals surface area contributed by atoms with Crippen molar-refractivity contribution in [1.29, 1.82) is 0 Å². The second-order valence-electron chi connectivity index (χ2n) is 6.07. The number of halogens is 1. The first-order valence-electron chi connectivity index (χ1n) is 8.40. The third kappa shape index (κ3) is 4.30. The minimum absolute atomic E-state index is 0.0220. The number of hydrogen-bond donors (Lipinski definition) is 0. The average molecular weight is 353 g/mol. The number of tetrazole rings is 1. The summed E-state index contributed by atoms with van der Waals surface area (Å²) in [5.74, 6) is -0.0206. The molecule has 0 atom stereocenters. The zero-order valence-electron chi connectivity index (χ0n) is 14.8. The van der Waals surface area contributed by atoms with Gasteiger partial charge in [0.2, 0.25) is 11.7 Å². The number of benzene rings is 2. The van der Waals surface area contributed by atoms with Crippen LogP contribution in [0.25, 0.3) is 11.4 Å². The fraction of sp³-hybridized carbons (Fsp3) is 0.263. The first-order valence-corrected chi connectivity index (χ1v) is 8.40. The van der Waals surface area contributed by atoms with Crippen LogP contribution in [-0.2, 0) is 24.3 Å².